The molecule has 1 unspecified atom stereocenters. The molecule has 0 N–H and O–H groups in total. The molecule has 0 radical (unpaired) electrons. The molecule has 1 heterocycles. The van der Waals surface area contributed by atoms with Gasteiger partial charge in [0.15, 0.2) is 12.4 Å². The second-order valence-corrected chi connectivity index (χ2v) is 3.59. The summed E-state index contributed by atoms with van der Waals surface area (Å²) < 4.78 is 5.41. The minimum absolute atomic E-state index is 0.0300. The number of aliphatic imine (C=N–C) groups is 1. The van der Waals surface area contributed by atoms with Crippen LogP contribution in [0.15, 0.2) is 35.3 Å². The van der Waals surface area contributed by atoms with Crippen LogP contribution in [0.3, 0.4) is 0 Å². The second-order valence-electron chi connectivity index (χ2n) is 3.59. The van der Waals surface area contributed by atoms with Crippen molar-refractivity contribution in [3.05, 3.63) is 35.9 Å². The van der Waals surface area contributed by atoms with E-state index in [0.29, 0.717) is 6.61 Å². The maximum atomic E-state index is 10.6. The Balaban J connectivity index is 2.21. The van der Waals surface area contributed by atoms with Gasteiger partial charge in [-0.15, -0.1) is 0 Å². The molecule has 1 aromatic rings. The molecule has 0 amide bonds. The van der Waals surface area contributed by atoms with Gasteiger partial charge in [0.2, 0.25) is 0 Å². The third kappa shape index (κ3) is 2.13. The minimum atomic E-state index is -0.454. The van der Waals surface area contributed by atoms with Crippen molar-refractivity contribution in [1.82, 2.24) is 0 Å². The summed E-state index contributed by atoms with van der Waals surface area (Å²) in [5.74, 6) is 0. The molecule has 0 spiro atoms. The molecule has 1 aliphatic rings. The SMILES string of the molecule is CC1=N[C@H](c2ccccc2)COC1C=O. The predicted octanol–water partition coefficient (Wildman–Crippen LogP) is 1.79. The molecule has 0 aromatic heterocycles. The lowest BCUT2D eigenvalue weighted by Crippen LogP contribution is -2.31. The minimum Gasteiger partial charge on any atom is -0.362 e. The van der Waals surface area contributed by atoms with Gasteiger partial charge in [-0.3, -0.25) is 4.99 Å². The quantitative estimate of drug-likeness (QED) is 0.687. The van der Waals surface area contributed by atoms with Gasteiger partial charge < -0.3 is 9.53 Å². The number of hydrogen-bond donors (Lipinski definition) is 0. The molecule has 2 atom stereocenters. The number of carbonyl (C=O) groups is 1. The number of benzene rings is 1. The molecule has 3 heteroatoms. The van der Waals surface area contributed by atoms with Crippen LogP contribution in [0.4, 0.5) is 0 Å². The van der Waals surface area contributed by atoms with Gasteiger partial charge in [0, 0.05) is 5.71 Å². The Morgan fingerprint density at radius 3 is 2.73 bits per heavy atom. The van der Waals surface area contributed by atoms with Gasteiger partial charge in [-0.05, 0) is 12.5 Å². The zero-order chi connectivity index (χ0) is 10.7. The summed E-state index contributed by atoms with van der Waals surface area (Å²) in [7, 11) is 0. The average molecular weight is 203 g/mol. The lowest BCUT2D eigenvalue weighted by molar-refractivity contribution is -0.115. The van der Waals surface area contributed by atoms with Crippen molar-refractivity contribution >= 4 is 12.0 Å². The Kier molecular flexibility index (Phi) is 2.92. The number of nitrogens with zero attached hydrogens (tertiary/aromatic N) is 1. The summed E-state index contributed by atoms with van der Waals surface area (Å²) in [5, 5.41) is 0. The third-order valence-corrected chi connectivity index (χ3v) is 2.51. The van der Waals surface area contributed by atoms with Gasteiger partial charge in [-0.2, -0.15) is 0 Å². The van der Waals surface area contributed by atoms with Crippen molar-refractivity contribution in [3.63, 3.8) is 0 Å². The Bertz CT molecular complexity index is 372. The van der Waals surface area contributed by atoms with Crippen molar-refractivity contribution in [2.45, 2.75) is 19.1 Å². The van der Waals surface area contributed by atoms with Crippen molar-refractivity contribution in [2.24, 2.45) is 4.99 Å². The fourth-order valence-electron chi connectivity index (χ4n) is 1.66. The van der Waals surface area contributed by atoms with Crippen LogP contribution >= 0.6 is 0 Å². The Morgan fingerprint density at radius 1 is 1.40 bits per heavy atom. The van der Waals surface area contributed by atoms with E-state index in [1.807, 2.05) is 37.3 Å². The first-order valence-corrected chi connectivity index (χ1v) is 4.97. The van der Waals surface area contributed by atoms with Crippen LogP contribution in [0.2, 0.25) is 0 Å². The molecular formula is C12H13NO2. The molecule has 0 fully saturated rings. The molecule has 1 aromatic carbocycles. The highest BCUT2D eigenvalue weighted by Gasteiger charge is 2.22. The smallest absolute Gasteiger partial charge is 0.154 e. The highest BCUT2D eigenvalue weighted by atomic mass is 16.5. The molecule has 1 aliphatic heterocycles. The van der Waals surface area contributed by atoms with E-state index in [1.165, 1.54) is 0 Å². The third-order valence-electron chi connectivity index (χ3n) is 2.51. The van der Waals surface area contributed by atoms with E-state index in [9.17, 15) is 4.79 Å². The van der Waals surface area contributed by atoms with Crippen molar-refractivity contribution in [3.8, 4) is 0 Å². The first-order valence-electron chi connectivity index (χ1n) is 4.97. The maximum absolute atomic E-state index is 10.6. The van der Waals surface area contributed by atoms with Crippen LogP contribution in [-0.4, -0.2) is 24.7 Å². The van der Waals surface area contributed by atoms with E-state index in [0.717, 1.165) is 17.6 Å². The lowest BCUT2D eigenvalue weighted by Gasteiger charge is -2.23. The number of ether oxygens (including phenoxy) is 1. The average Bonchev–Trinajstić information content (AvgIpc) is 2.30. The largest absolute Gasteiger partial charge is 0.362 e. The number of aldehydes is 1. The van der Waals surface area contributed by atoms with E-state index in [2.05, 4.69) is 4.99 Å². The Labute approximate surface area is 88.8 Å². The fourth-order valence-corrected chi connectivity index (χ4v) is 1.66. The lowest BCUT2D eigenvalue weighted by atomic mass is 10.1. The predicted molar refractivity (Wildman–Crippen MR) is 58.1 cm³/mol. The number of hydrogen-bond acceptors (Lipinski definition) is 3. The van der Waals surface area contributed by atoms with Gasteiger partial charge >= 0.3 is 0 Å². The van der Waals surface area contributed by atoms with Gasteiger partial charge in [-0.25, -0.2) is 0 Å². The van der Waals surface area contributed by atoms with Crippen molar-refractivity contribution in [1.29, 1.82) is 0 Å². The van der Waals surface area contributed by atoms with Crippen LogP contribution in [0.25, 0.3) is 0 Å². The maximum Gasteiger partial charge on any atom is 0.154 e. The van der Waals surface area contributed by atoms with Crippen molar-refractivity contribution < 1.29 is 9.53 Å². The fraction of sp³-hybridized carbons (Fsp3) is 0.333. The van der Waals surface area contributed by atoms with E-state index < -0.39 is 6.10 Å². The summed E-state index contributed by atoms with van der Waals surface area (Å²) >= 11 is 0. The van der Waals surface area contributed by atoms with Gasteiger partial charge in [0.05, 0.1) is 12.6 Å². The normalized spacial score (nSPS) is 25.8. The standard InChI is InChI=1S/C12H13NO2/c1-9-12(7-14)15-8-11(13-9)10-5-3-2-4-6-10/h2-7,11-12H,8H2,1H3/t11-,12?/m0/s1. The molecule has 0 saturated carbocycles. The Hall–Kier alpha value is -1.48. The summed E-state index contributed by atoms with van der Waals surface area (Å²) in [6.07, 6.45) is 0.338. The second kappa shape index (κ2) is 4.36. The molecule has 78 valence electrons. The topological polar surface area (TPSA) is 38.7 Å². The van der Waals surface area contributed by atoms with Crippen molar-refractivity contribution in [2.75, 3.05) is 6.61 Å². The monoisotopic (exact) mass is 203 g/mol. The first-order chi connectivity index (χ1) is 7.31. The van der Waals surface area contributed by atoms with Crippen LogP contribution in [0, 0.1) is 0 Å². The van der Waals surface area contributed by atoms with E-state index in [1.54, 1.807) is 0 Å². The summed E-state index contributed by atoms with van der Waals surface area (Å²) in [4.78, 5) is 15.1. The zero-order valence-electron chi connectivity index (χ0n) is 8.59. The molecule has 0 aliphatic carbocycles. The molecule has 0 saturated heterocycles. The number of rotatable bonds is 2. The number of carbonyl (C=O) groups excluding carboxylic acids is 1. The first kappa shape index (κ1) is 10.1. The van der Waals surface area contributed by atoms with E-state index >= 15 is 0 Å². The van der Waals surface area contributed by atoms with E-state index in [4.69, 9.17) is 4.74 Å². The highest BCUT2D eigenvalue weighted by molar-refractivity contribution is 5.99. The molecule has 0 bridgehead atoms. The highest BCUT2D eigenvalue weighted by Crippen LogP contribution is 2.22. The Morgan fingerprint density at radius 2 is 2.13 bits per heavy atom. The zero-order valence-corrected chi connectivity index (χ0v) is 8.59. The van der Waals surface area contributed by atoms with Gasteiger partial charge in [0.25, 0.3) is 0 Å². The van der Waals surface area contributed by atoms with Gasteiger partial charge in [-0.1, -0.05) is 30.3 Å². The van der Waals surface area contributed by atoms with Crippen LogP contribution in [0.5, 0.6) is 0 Å². The molecule has 3 nitrogen and oxygen atoms in total. The van der Waals surface area contributed by atoms with Crippen LogP contribution < -0.4 is 0 Å². The van der Waals surface area contributed by atoms with Crippen LogP contribution in [-0.2, 0) is 9.53 Å². The summed E-state index contributed by atoms with van der Waals surface area (Å²) in [6.45, 7) is 2.30. The van der Waals surface area contributed by atoms with E-state index in [-0.39, 0.29) is 6.04 Å². The van der Waals surface area contributed by atoms with Crippen LogP contribution in [0.1, 0.15) is 18.5 Å². The summed E-state index contributed by atoms with van der Waals surface area (Å²) in [5.41, 5.74) is 1.88. The molecule has 2 rings (SSSR count). The van der Waals surface area contributed by atoms with Gasteiger partial charge in [0.1, 0.15) is 0 Å². The molecule has 15 heavy (non-hydrogen) atoms. The summed E-state index contributed by atoms with van der Waals surface area (Å²) in [6, 6.07) is 10.00. The molecular weight excluding hydrogens is 190 g/mol.